The molecule has 48 valence electrons. The molecule has 0 aromatic carbocycles. The molecule has 1 unspecified atom stereocenters. The summed E-state index contributed by atoms with van der Waals surface area (Å²) in [6.45, 7) is 3.27. The van der Waals surface area contributed by atoms with Gasteiger partial charge in [-0.3, -0.25) is 4.99 Å². The molecule has 0 aliphatic heterocycles. The van der Waals surface area contributed by atoms with Crippen molar-refractivity contribution in [2.45, 2.75) is 20.0 Å². The van der Waals surface area contributed by atoms with Crippen LogP contribution in [-0.2, 0) is 0 Å². The van der Waals surface area contributed by atoms with Gasteiger partial charge in [-0.25, -0.2) is 4.39 Å². The molecule has 0 aromatic heterocycles. The van der Waals surface area contributed by atoms with Gasteiger partial charge in [0.25, 0.3) is 0 Å². The van der Waals surface area contributed by atoms with Crippen molar-refractivity contribution >= 4 is 5.84 Å². The molecule has 0 aromatic rings. The molecule has 2 N–H and O–H groups in total. The molecule has 0 aliphatic rings. The molecular formula is C5H11FN2. The van der Waals surface area contributed by atoms with Gasteiger partial charge in [-0.15, -0.1) is 0 Å². The van der Waals surface area contributed by atoms with E-state index in [1.54, 1.807) is 6.92 Å². The lowest BCUT2D eigenvalue weighted by atomic mass is 10.4. The van der Waals surface area contributed by atoms with E-state index in [2.05, 4.69) is 4.99 Å². The highest BCUT2D eigenvalue weighted by Gasteiger charge is 1.92. The highest BCUT2D eigenvalue weighted by atomic mass is 19.1. The highest BCUT2D eigenvalue weighted by molar-refractivity contribution is 5.77. The average molecular weight is 118 g/mol. The largest absolute Gasteiger partial charge is 0.388 e. The molecule has 0 aliphatic carbocycles. The Morgan fingerprint density at radius 2 is 2.38 bits per heavy atom. The van der Waals surface area contributed by atoms with Crippen molar-refractivity contribution in [1.82, 2.24) is 0 Å². The minimum Gasteiger partial charge on any atom is -0.388 e. The van der Waals surface area contributed by atoms with Gasteiger partial charge in [0.1, 0.15) is 6.17 Å². The summed E-state index contributed by atoms with van der Waals surface area (Å²) >= 11 is 0. The van der Waals surface area contributed by atoms with Gasteiger partial charge in [-0.2, -0.15) is 0 Å². The first-order valence-corrected chi connectivity index (χ1v) is 2.53. The maximum Gasteiger partial charge on any atom is 0.117 e. The van der Waals surface area contributed by atoms with E-state index < -0.39 is 6.17 Å². The number of rotatable bonds is 2. The zero-order chi connectivity index (χ0) is 6.57. The lowest BCUT2D eigenvalue weighted by Gasteiger charge is -1.93. The molecular weight excluding hydrogens is 107 g/mol. The standard InChI is InChI=1S/C5H11FN2/c1-4(6)3-8-5(2)7/h4H,3H2,1-2H3,(H2,7,8). The second kappa shape index (κ2) is 3.41. The summed E-state index contributed by atoms with van der Waals surface area (Å²) in [5, 5.41) is 0. The van der Waals surface area contributed by atoms with Gasteiger partial charge in [-0.05, 0) is 13.8 Å². The van der Waals surface area contributed by atoms with Crippen LogP contribution in [0.4, 0.5) is 4.39 Å². The van der Waals surface area contributed by atoms with E-state index in [0.29, 0.717) is 5.84 Å². The van der Waals surface area contributed by atoms with Crippen molar-refractivity contribution in [1.29, 1.82) is 0 Å². The maximum atomic E-state index is 11.9. The summed E-state index contributed by atoms with van der Waals surface area (Å²) in [6, 6.07) is 0. The Morgan fingerprint density at radius 3 is 2.50 bits per heavy atom. The average Bonchev–Trinajstić information content (AvgIpc) is 1.61. The normalized spacial score (nSPS) is 16.1. The Balaban J connectivity index is 3.29. The first-order valence-electron chi connectivity index (χ1n) is 2.53. The molecule has 0 saturated carbocycles. The molecule has 0 spiro atoms. The lowest BCUT2D eigenvalue weighted by molar-refractivity contribution is 0.371. The summed E-state index contributed by atoms with van der Waals surface area (Å²) in [5.74, 6) is 0.439. The lowest BCUT2D eigenvalue weighted by Crippen LogP contribution is -2.09. The van der Waals surface area contributed by atoms with Crippen LogP contribution in [0.5, 0.6) is 0 Å². The number of nitrogens with two attached hydrogens (primary N) is 1. The monoisotopic (exact) mass is 118 g/mol. The van der Waals surface area contributed by atoms with E-state index in [9.17, 15) is 4.39 Å². The maximum absolute atomic E-state index is 11.9. The highest BCUT2D eigenvalue weighted by Crippen LogP contribution is 1.86. The third kappa shape index (κ3) is 5.40. The molecule has 3 heteroatoms. The molecule has 1 atom stereocenters. The van der Waals surface area contributed by atoms with Crippen LogP contribution in [0.2, 0.25) is 0 Å². The van der Waals surface area contributed by atoms with Crippen LogP contribution in [0.25, 0.3) is 0 Å². The fraction of sp³-hybridized carbons (Fsp3) is 0.800. The molecule has 0 rings (SSSR count). The van der Waals surface area contributed by atoms with Gasteiger partial charge in [0.15, 0.2) is 0 Å². The molecule has 8 heavy (non-hydrogen) atoms. The Morgan fingerprint density at radius 1 is 1.88 bits per heavy atom. The number of hydrogen-bond acceptors (Lipinski definition) is 1. The van der Waals surface area contributed by atoms with Crippen molar-refractivity contribution in [2.75, 3.05) is 6.54 Å². The Hall–Kier alpha value is -0.600. The number of halogens is 1. The van der Waals surface area contributed by atoms with Crippen molar-refractivity contribution < 1.29 is 4.39 Å². The van der Waals surface area contributed by atoms with Crippen LogP contribution < -0.4 is 5.73 Å². The molecule has 2 nitrogen and oxygen atoms in total. The minimum absolute atomic E-state index is 0.183. The van der Waals surface area contributed by atoms with Crippen LogP contribution in [0, 0.1) is 0 Å². The van der Waals surface area contributed by atoms with Crippen molar-refractivity contribution in [3.05, 3.63) is 0 Å². The number of aliphatic imine (C=N–C) groups is 1. The van der Waals surface area contributed by atoms with Crippen LogP contribution in [-0.4, -0.2) is 18.6 Å². The van der Waals surface area contributed by atoms with E-state index in [4.69, 9.17) is 5.73 Å². The van der Waals surface area contributed by atoms with Gasteiger partial charge < -0.3 is 5.73 Å². The summed E-state index contributed by atoms with van der Waals surface area (Å²) in [4.78, 5) is 3.64. The molecule has 0 bridgehead atoms. The predicted molar refractivity (Wildman–Crippen MR) is 32.7 cm³/mol. The Kier molecular flexibility index (Phi) is 3.15. The van der Waals surface area contributed by atoms with E-state index >= 15 is 0 Å². The van der Waals surface area contributed by atoms with E-state index in [-0.39, 0.29) is 6.54 Å². The zero-order valence-electron chi connectivity index (χ0n) is 5.19. The van der Waals surface area contributed by atoms with Gasteiger partial charge in [0, 0.05) is 0 Å². The SMILES string of the molecule is CC(N)=NCC(C)F. The van der Waals surface area contributed by atoms with Gasteiger partial charge in [0.2, 0.25) is 0 Å². The number of alkyl halides is 1. The van der Waals surface area contributed by atoms with E-state index in [1.165, 1.54) is 6.92 Å². The second-order valence-corrected chi connectivity index (χ2v) is 1.76. The van der Waals surface area contributed by atoms with Gasteiger partial charge in [0.05, 0.1) is 12.4 Å². The first-order chi connectivity index (χ1) is 3.63. The fourth-order valence-corrected chi connectivity index (χ4v) is 0.270. The molecule has 0 radical (unpaired) electrons. The molecule has 0 amide bonds. The van der Waals surface area contributed by atoms with Gasteiger partial charge in [-0.1, -0.05) is 0 Å². The first kappa shape index (κ1) is 7.40. The van der Waals surface area contributed by atoms with Crippen LogP contribution in [0.1, 0.15) is 13.8 Å². The quantitative estimate of drug-likeness (QED) is 0.421. The van der Waals surface area contributed by atoms with Crippen molar-refractivity contribution in [3.8, 4) is 0 Å². The third-order valence-corrected chi connectivity index (χ3v) is 0.592. The second-order valence-electron chi connectivity index (χ2n) is 1.76. The number of amidine groups is 1. The Bertz CT molecular complexity index is 84.4. The summed E-state index contributed by atoms with van der Waals surface area (Å²) in [5.41, 5.74) is 5.12. The van der Waals surface area contributed by atoms with Gasteiger partial charge >= 0.3 is 0 Å². The number of nitrogens with zero attached hydrogens (tertiary/aromatic N) is 1. The zero-order valence-corrected chi connectivity index (χ0v) is 5.19. The molecule has 0 saturated heterocycles. The predicted octanol–water partition coefficient (Wildman–Crippen LogP) is 0.721. The number of hydrogen-bond donors (Lipinski definition) is 1. The van der Waals surface area contributed by atoms with Crippen molar-refractivity contribution in [2.24, 2.45) is 10.7 Å². The Labute approximate surface area is 48.6 Å². The third-order valence-electron chi connectivity index (χ3n) is 0.592. The topological polar surface area (TPSA) is 38.4 Å². The van der Waals surface area contributed by atoms with Crippen LogP contribution in [0.3, 0.4) is 0 Å². The smallest absolute Gasteiger partial charge is 0.117 e. The molecule has 0 fully saturated rings. The van der Waals surface area contributed by atoms with Crippen LogP contribution >= 0.6 is 0 Å². The summed E-state index contributed by atoms with van der Waals surface area (Å²) < 4.78 is 11.9. The van der Waals surface area contributed by atoms with Crippen LogP contribution in [0.15, 0.2) is 4.99 Å². The fourth-order valence-electron chi connectivity index (χ4n) is 0.270. The summed E-state index contributed by atoms with van der Waals surface area (Å²) in [6.07, 6.45) is -0.881. The van der Waals surface area contributed by atoms with E-state index in [0.717, 1.165) is 0 Å². The summed E-state index contributed by atoms with van der Waals surface area (Å²) in [7, 11) is 0. The molecule has 0 heterocycles. The minimum atomic E-state index is -0.881. The van der Waals surface area contributed by atoms with Crippen molar-refractivity contribution in [3.63, 3.8) is 0 Å². The van der Waals surface area contributed by atoms with E-state index in [1.807, 2.05) is 0 Å².